The molecule has 0 radical (unpaired) electrons. The lowest BCUT2D eigenvalue weighted by atomic mass is 9.84. The maximum absolute atomic E-state index is 11.9. The van der Waals surface area contributed by atoms with Gasteiger partial charge in [-0.05, 0) is 31.6 Å². The second-order valence-corrected chi connectivity index (χ2v) is 5.84. The second kappa shape index (κ2) is 6.98. The maximum Gasteiger partial charge on any atom is 0.315 e. The number of urea groups is 1. The first kappa shape index (κ1) is 13.7. The average molecular weight is 253 g/mol. The van der Waals surface area contributed by atoms with Crippen LogP contribution in [0, 0.1) is 5.92 Å². The minimum absolute atomic E-state index is 0.0112. The molecule has 2 aliphatic carbocycles. The van der Waals surface area contributed by atoms with Crippen LogP contribution in [0.4, 0.5) is 4.79 Å². The van der Waals surface area contributed by atoms with Crippen LogP contribution in [0.2, 0.25) is 0 Å². The van der Waals surface area contributed by atoms with Crippen molar-refractivity contribution in [2.24, 2.45) is 11.7 Å². The summed E-state index contributed by atoms with van der Waals surface area (Å²) in [5.41, 5.74) is 5.82. The molecular weight excluding hydrogens is 226 g/mol. The Hall–Kier alpha value is -0.770. The van der Waals surface area contributed by atoms with E-state index in [2.05, 4.69) is 10.6 Å². The summed E-state index contributed by atoms with van der Waals surface area (Å²) in [5.74, 6) is 0.582. The summed E-state index contributed by atoms with van der Waals surface area (Å²) < 4.78 is 0. The van der Waals surface area contributed by atoms with Gasteiger partial charge in [-0.2, -0.15) is 0 Å². The fourth-order valence-electron chi connectivity index (χ4n) is 3.37. The topological polar surface area (TPSA) is 67.1 Å². The number of carbonyl (C=O) groups excluding carboxylic acids is 1. The Morgan fingerprint density at radius 3 is 2.28 bits per heavy atom. The predicted molar refractivity (Wildman–Crippen MR) is 73.3 cm³/mol. The van der Waals surface area contributed by atoms with Crippen molar-refractivity contribution in [3.63, 3.8) is 0 Å². The number of nitrogens with two attached hydrogens (primary N) is 1. The fraction of sp³-hybridized carbons (Fsp3) is 0.929. The van der Waals surface area contributed by atoms with E-state index in [4.69, 9.17) is 5.73 Å². The van der Waals surface area contributed by atoms with E-state index in [-0.39, 0.29) is 12.1 Å². The van der Waals surface area contributed by atoms with Crippen molar-refractivity contribution in [3.05, 3.63) is 0 Å². The van der Waals surface area contributed by atoms with Gasteiger partial charge in [-0.1, -0.05) is 32.1 Å². The number of nitrogens with one attached hydrogen (secondary N) is 2. The van der Waals surface area contributed by atoms with E-state index in [1.54, 1.807) is 0 Å². The lowest BCUT2D eigenvalue weighted by Gasteiger charge is -2.30. The Morgan fingerprint density at radius 2 is 1.67 bits per heavy atom. The van der Waals surface area contributed by atoms with Crippen LogP contribution in [0.15, 0.2) is 0 Å². The standard InChI is InChI=1S/C14H27N3O/c15-10-13(11-6-2-1-3-7-11)17-14(18)16-12-8-4-5-9-12/h11-13H,1-10,15H2,(H2,16,17,18). The van der Waals surface area contributed by atoms with Crippen molar-refractivity contribution in [1.29, 1.82) is 0 Å². The van der Waals surface area contributed by atoms with Crippen LogP contribution in [-0.2, 0) is 0 Å². The van der Waals surface area contributed by atoms with Crippen molar-refractivity contribution in [1.82, 2.24) is 10.6 Å². The van der Waals surface area contributed by atoms with Gasteiger partial charge in [0.25, 0.3) is 0 Å². The molecule has 18 heavy (non-hydrogen) atoms. The molecule has 104 valence electrons. The molecule has 2 aliphatic rings. The van der Waals surface area contributed by atoms with Crippen LogP contribution < -0.4 is 16.4 Å². The number of hydrogen-bond donors (Lipinski definition) is 3. The van der Waals surface area contributed by atoms with Crippen molar-refractivity contribution < 1.29 is 4.79 Å². The molecule has 1 unspecified atom stereocenters. The molecule has 0 saturated heterocycles. The molecule has 0 spiro atoms. The first-order chi connectivity index (χ1) is 8.79. The molecule has 0 aromatic heterocycles. The number of rotatable bonds is 4. The van der Waals surface area contributed by atoms with E-state index in [9.17, 15) is 4.79 Å². The zero-order valence-electron chi connectivity index (χ0n) is 11.3. The first-order valence-corrected chi connectivity index (χ1v) is 7.56. The third kappa shape index (κ3) is 3.87. The van der Waals surface area contributed by atoms with Gasteiger partial charge >= 0.3 is 6.03 Å². The zero-order chi connectivity index (χ0) is 12.8. The molecule has 0 heterocycles. The lowest BCUT2D eigenvalue weighted by Crippen LogP contribution is -2.51. The Bertz CT molecular complexity index is 258. The van der Waals surface area contributed by atoms with E-state index >= 15 is 0 Å². The van der Waals surface area contributed by atoms with Crippen molar-refractivity contribution in [2.45, 2.75) is 69.9 Å². The number of amides is 2. The Balaban J connectivity index is 1.75. The summed E-state index contributed by atoms with van der Waals surface area (Å²) in [6.45, 7) is 0.558. The van der Waals surface area contributed by atoms with Gasteiger partial charge < -0.3 is 16.4 Å². The summed E-state index contributed by atoms with van der Waals surface area (Å²) in [6, 6.07) is 0.532. The van der Waals surface area contributed by atoms with E-state index < -0.39 is 0 Å². The molecule has 2 saturated carbocycles. The van der Waals surface area contributed by atoms with E-state index in [1.807, 2.05) is 0 Å². The highest BCUT2D eigenvalue weighted by Gasteiger charge is 2.25. The molecule has 4 nitrogen and oxygen atoms in total. The van der Waals surface area contributed by atoms with Gasteiger partial charge in [0.15, 0.2) is 0 Å². The van der Waals surface area contributed by atoms with Gasteiger partial charge in [0, 0.05) is 18.6 Å². The van der Waals surface area contributed by atoms with Gasteiger partial charge in [-0.3, -0.25) is 0 Å². The normalized spacial score (nSPS) is 23.8. The van der Waals surface area contributed by atoms with Crippen LogP contribution >= 0.6 is 0 Å². The van der Waals surface area contributed by atoms with Gasteiger partial charge in [0.1, 0.15) is 0 Å². The summed E-state index contributed by atoms with van der Waals surface area (Å²) in [7, 11) is 0. The molecule has 0 aliphatic heterocycles. The summed E-state index contributed by atoms with van der Waals surface area (Å²) >= 11 is 0. The molecule has 0 aromatic rings. The van der Waals surface area contributed by atoms with Gasteiger partial charge in [0.2, 0.25) is 0 Å². The minimum atomic E-state index is -0.0112. The molecule has 2 fully saturated rings. The number of carbonyl (C=O) groups is 1. The largest absolute Gasteiger partial charge is 0.335 e. The van der Waals surface area contributed by atoms with Crippen LogP contribution in [0.5, 0.6) is 0 Å². The molecule has 4 heteroatoms. The molecule has 0 bridgehead atoms. The SMILES string of the molecule is NCC(NC(=O)NC1CCCC1)C1CCCCC1. The quantitative estimate of drug-likeness (QED) is 0.718. The third-order valence-electron chi connectivity index (χ3n) is 4.48. The van der Waals surface area contributed by atoms with Crippen molar-refractivity contribution >= 4 is 6.03 Å². The maximum atomic E-state index is 11.9. The summed E-state index contributed by atoms with van der Waals surface area (Å²) in [6.07, 6.45) is 11.1. The molecular formula is C14H27N3O. The van der Waals surface area contributed by atoms with E-state index in [0.717, 1.165) is 12.8 Å². The van der Waals surface area contributed by atoms with Crippen LogP contribution in [-0.4, -0.2) is 24.7 Å². The summed E-state index contributed by atoms with van der Waals surface area (Å²) in [5, 5.41) is 6.17. The Morgan fingerprint density at radius 1 is 1.06 bits per heavy atom. The van der Waals surface area contributed by atoms with Gasteiger partial charge in [-0.25, -0.2) is 4.79 Å². The third-order valence-corrected chi connectivity index (χ3v) is 4.48. The summed E-state index contributed by atoms with van der Waals surface area (Å²) in [4.78, 5) is 11.9. The monoisotopic (exact) mass is 253 g/mol. The first-order valence-electron chi connectivity index (χ1n) is 7.56. The Labute approximate surface area is 110 Å². The molecule has 2 amide bonds. The molecule has 4 N–H and O–H groups in total. The smallest absolute Gasteiger partial charge is 0.315 e. The van der Waals surface area contributed by atoms with Crippen molar-refractivity contribution in [3.8, 4) is 0 Å². The number of hydrogen-bond acceptors (Lipinski definition) is 2. The minimum Gasteiger partial charge on any atom is -0.335 e. The van der Waals surface area contributed by atoms with Crippen molar-refractivity contribution in [2.75, 3.05) is 6.54 Å². The molecule has 1 atom stereocenters. The zero-order valence-corrected chi connectivity index (χ0v) is 11.3. The highest BCUT2D eigenvalue weighted by Crippen LogP contribution is 2.26. The van der Waals surface area contributed by atoms with Gasteiger partial charge in [0.05, 0.1) is 0 Å². The average Bonchev–Trinajstić information content (AvgIpc) is 2.90. The van der Waals surface area contributed by atoms with Gasteiger partial charge in [-0.15, -0.1) is 0 Å². The lowest BCUT2D eigenvalue weighted by molar-refractivity contribution is 0.219. The van der Waals surface area contributed by atoms with Crippen LogP contribution in [0.3, 0.4) is 0 Å². The Kier molecular flexibility index (Phi) is 5.29. The second-order valence-electron chi connectivity index (χ2n) is 5.84. The molecule has 0 aromatic carbocycles. The predicted octanol–water partition coefficient (Wildman–Crippen LogP) is 2.14. The van der Waals surface area contributed by atoms with Crippen LogP contribution in [0.25, 0.3) is 0 Å². The highest BCUT2D eigenvalue weighted by atomic mass is 16.2. The van der Waals surface area contributed by atoms with E-state index in [0.29, 0.717) is 18.5 Å². The fourth-order valence-corrected chi connectivity index (χ4v) is 3.37. The highest BCUT2D eigenvalue weighted by molar-refractivity contribution is 5.74. The van der Waals surface area contributed by atoms with E-state index in [1.165, 1.54) is 44.9 Å². The molecule has 2 rings (SSSR count). The van der Waals surface area contributed by atoms with Crippen LogP contribution in [0.1, 0.15) is 57.8 Å².